The van der Waals surface area contributed by atoms with Crippen LogP contribution < -0.4 is 9.88 Å². The van der Waals surface area contributed by atoms with Gasteiger partial charge in [0.25, 0.3) is 5.82 Å². The number of nitrogens with zero attached hydrogens (tertiary/aromatic N) is 3. The summed E-state index contributed by atoms with van der Waals surface area (Å²) >= 11 is 8.01. The van der Waals surface area contributed by atoms with Gasteiger partial charge in [-0.05, 0) is 18.9 Å². The average molecular weight is 406 g/mol. The molecule has 1 saturated heterocycles. The van der Waals surface area contributed by atoms with Gasteiger partial charge in [0.1, 0.15) is 24.6 Å². The molecule has 2 aliphatic heterocycles. The lowest BCUT2D eigenvalue weighted by molar-refractivity contribution is -0.329. The molecule has 0 radical (unpaired) electrons. The van der Waals surface area contributed by atoms with Crippen molar-refractivity contribution in [2.24, 2.45) is 0 Å². The molecule has 3 aromatic rings. The van der Waals surface area contributed by atoms with Gasteiger partial charge < -0.3 is 9.47 Å². The van der Waals surface area contributed by atoms with Gasteiger partial charge in [0.2, 0.25) is 0 Å². The minimum Gasteiger partial charge on any atom is -0.373 e. The number of nitrogens with one attached hydrogen (secondary N) is 1. The van der Waals surface area contributed by atoms with Gasteiger partial charge in [-0.2, -0.15) is 0 Å². The molecule has 0 spiro atoms. The number of anilines is 1. The number of rotatable bonds is 2. The summed E-state index contributed by atoms with van der Waals surface area (Å²) < 4.78 is 12.8. The molecule has 142 valence electrons. The van der Waals surface area contributed by atoms with Crippen molar-refractivity contribution in [1.29, 1.82) is 0 Å². The summed E-state index contributed by atoms with van der Waals surface area (Å²) in [5, 5.41) is 1.69. The summed E-state index contributed by atoms with van der Waals surface area (Å²) in [6.07, 6.45) is 3.39. The Balaban J connectivity index is 1.80. The normalized spacial score (nSPS) is 23.1. The minimum atomic E-state index is -0.158. The molecule has 1 atom stereocenters. The van der Waals surface area contributed by atoms with Crippen LogP contribution in [0.25, 0.3) is 20.4 Å². The summed E-state index contributed by atoms with van der Waals surface area (Å²) in [4.78, 5) is 15.9. The number of pyridine rings is 1. The Morgan fingerprint density at radius 3 is 2.89 bits per heavy atom. The number of aromatic amines is 1. The number of morpholine rings is 1. The van der Waals surface area contributed by atoms with Crippen molar-refractivity contribution < 1.29 is 14.5 Å². The highest BCUT2D eigenvalue weighted by Gasteiger charge is 2.37. The Morgan fingerprint density at radius 1 is 1.30 bits per heavy atom. The van der Waals surface area contributed by atoms with Crippen molar-refractivity contribution in [2.75, 3.05) is 31.2 Å². The fraction of sp³-hybridized carbons (Fsp3) is 0.526. The molecular formula is C19H22ClN4O2S+. The molecule has 5 rings (SSSR count). The lowest BCUT2D eigenvalue weighted by atomic mass is 9.87. The Hall–Kier alpha value is -1.54. The molecule has 1 N–H and O–H groups in total. The molecule has 0 aliphatic carbocycles. The van der Waals surface area contributed by atoms with Crippen LogP contribution in [0.4, 0.5) is 5.82 Å². The third kappa shape index (κ3) is 2.79. The smallest absolute Gasteiger partial charge is 0.281 e. The van der Waals surface area contributed by atoms with Crippen LogP contribution in [0.15, 0.2) is 6.33 Å². The number of halogens is 1. The molecule has 0 aromatic carbocycles. The van der Waals surface area contributed by atoms with E-state index in [1.54, 1.807) is 17.7 Å². The molecule has 0 bridgehead atoms. The third-order valence-electron chi connectivity index (χ3n) is 5.80. The largest absolute Gasteiger partial charge is 0.373 e. The van der Waals surface area contributed by atoms with Gasteiger partial charge in [-0.25, -0.2) is 15.0 Å². The van der Waals surface area contributed by atoms with E-state index >= 15 is 0 Å². The van der Waals surface area contributed by atoms with Crippen LogP contribution in [0.2, 0.25) is 5.15 Å². The van der Waals surface area contributed by atoms with Crippen molar-refractivity contribution in [3.63, 3.8) is 0 Å². The first-order chi connectivity index (χ1) is 13.1. The van der Waals surface area contributed by atoms with Crippen LogP contribution in [0, 0.1) is 0 Å². The zero-order chi connectivity index (χ0) is 18.6. The summed E-state index contributed by atoms with van der Waals surface area (Å²) in [5.74, 6) is 1.15. The second-order valence-corrected chi connectivity index (χ2v) is 8.83. The van der Waals surface area contributed by atoms with Gasteiger partial charge in [-0.1, -0.05) is 29.9 Å². The van der Waals surface area contributed by atoms with E-state index in [9.17, 15) is 0 Å². The number of fused-ring (bicyclic) bond motifs is 5. The Morgan fingerprint density at radius 2 is 2.11 bits per heavy atom. The molecule has 0 amide bonds. The predicted molar refractivity (Wildman–Crippen MR) is 107 cm³/mol. The monoisotopic (exact) mass is 405 g/mol. The van der Waals surface area contributed by atoms with E-state index in [-0.39, 0.29) is 5.60 Å². The van der Waals surface area contributed by atoms with E-state index in [1.807, 2.05) is 0 Å². The lowest BCUT2D eigenvalue weighted by Crippen LogP contribution is -2.42. The summed E-state index contributed by atoms with van der Waals surface area (Å²) in [7, 11) is 0. The van der Waals surface area contributed by atoms with Crippen molar-refractivity contribution in [1.82, 2.24) is 9.97 Å². The molecule has 1 fully saturated rings. The van der Waals surface area contributed by atoms with Crippen molar-refractivity contribution in [3.8, 4) is 0 Å². The third-order valence-corrected chi connectivity index (χ3v) is 7.30. The average Bonchev–Trinajstić information content (AvgIpc) is 3.08. The van der Waals surface area contributed by atoms with Crippen LogP contribution in [-0.4, -0.2) is 41.9 Å². The van der Waals surface area contributed by atoms with E-state index in [0.717, 1.165) is 60.0 Å². The molecule has 27 heavy (non-hydrogen) atoms. The highest BCUT2D eigenvalue weighted by molar-refractivity contribution is 7.25. The quantitative estimate of drug-likeness (QED) is 0.611. The van der Waals surface area contributed by atoms with Crippen LogP contribution in [0.3, 0.4) is 0 Å². The topological polar surface area (TPSA) is 61.6 Å². The highest BCUT2D eigenvalue weighted by atomic mass is 35.5. The second-order valence-electron chi connectivity index (χ2n) is 7.45. The van der Waals surface area contributed by atoms with Gasteiger partial charge in [-0.3, -0.25) is 4.90 Å². The zero-order valence-electron chi connectivity index (χ0n) is 15.5. The number of H-pyrrole nitrogens is 1. The fourth-order valence-corrected chi connectivity index (χ4v) is 5.34. The minimum absolute atomic E-state index is 0.158. The van der Waals surface area contributed by atoms with Crippen LogP contribution in [0.5, 0.6) is 0 Å². The van der Waals surface area contributed by atoms with Gasteiger partial charge in [0.15, 0.2) is 4.83 Å². The number of aromatic nitrogens is 3. The Labute approximate surface area is 166 Å². The van der Waals surface area contributed by atoms with Crippen molar-refractivity contribution >= 4 is 49.2 Å². The lowest BCUT2D eigenvalue weighted by Gasteiger charge is -2.35. The summed E-state index contributed by atoms with van der Waals surface area (Å²) in [6, 6.07) is 0. The van der Waals surface area contributed by atoms with Gasteiger partial charge in [0, 0.05) is 6.42 Å². The predicted octanol–water partition coefficient (Wildman–Crippen LogP) is 3.39. The number of hydrogen-bond donors (Lipinski definition) is 0. The maximum atomic E-state index is 6.38. The molecular weight excluding hydrogens is 384 g/mol. The van der Waals surface area contributed by atoms with Gasteiger partial charge >= 0.3 is 0 Å². The van der Waals surface area contributed by atoms with Gasteiger partial charge in [-0.15, -0.1) is 0 Å². The van der Waals surface area contributed by atoms with Crippen LogP contribution in [-0.2, 0) is 22.5 Å². The number of ether oxygens (including phenoxy) is 2. The molecule has 3 aromatic heterocycles. The van der Waals surface area contributed by atoms with E-state index in [4.69, 9.17) is 21.1 Å². The Bertz CT molecular complexity index is 1030. The second kappa shape index (κ2) is 6.51. The maximum absolute atomic E-state index is 6.38. The molecule has 8 heteroatoms. The highest BCUT2D eigenvalue weighted by Crippen LogP contribution is 2.42. The first-order valence-corrected chi connectivity index (χ1v) is 10.6. The maximum Gasteiger partial charge on any atom is 0.281 e. The van der Waals surface area contributed by atoms with Crippen LogP contribution >= 0.6 is 22.9 Å². The van der Waals surface area contributed by atoms with E-state index in [2.05, 4.69) is 33.7 Å². The molecule has 0 unspecified atom stereocenters. The zero-order valence-corrected chi connectivity index (χ0v) is 17.0. The number of thiophene rings is 1. The fourth-order valence-electron chi connectivity index (χ4n) is 4.03. The first-order valence-electron chi connectivity index (χ1n) is 9.36. The van der Waals surface area contributed by atoms with E-state index < -0.39 is 0 Å². The van der Waals surface area contributed by atoms with Gasteiger partial charge in [0.05, 0.1) is 46.6 Å². The molecule has 6 nitrogen and oxygen atoms in total. The molecule has 0 saturated carbocycles. The van der Waals surface area contributed by atoms with E-state index in [1.165, 1.54) is 16.5 Å². The number of hydrogen-bond acceptors (Lipinski definition) is 6. The standard InChI is InChI=1S/C19H21ClN4O2S/c1-3-19(2)8-11-12(9-26-19)17(24-4-6-25-7-5-24)23-18-13(11)14-15(27-18)16(20)22-10-21-14/h10H,3-9H2,1-2H3/p+1/t19-/m1/s1. The SMILES string of the molecule is CC[C@]1(C)Cc2c(c(N3CCOCC3)[nH+]c3sc4c(Cl)ncnc4c23)CO1. The van der Waals surface area contributed by atoms with E-state index in [0.29, 0.717) is 11.8 Å². The van der Waals surface area contributed by atoms with Crippen molar-refractivity contribution in [2.45, 2.75) is 38.9 Å². The van der Waals surface area contributed by atoms with Crippen molar-refractivity contribution in [3.05, 3.63) is 22.6 Å². The molecule has 2 aliphatic rings. The summed E-state index contributed by atoms with van der Waals surface area (Å²) in [6.45, 7) is 8.25. The molecule has 5 heterocycles. The Kier molecular flexibility index (Phi) is 4.23. The van der Waals surface area contributed by atoms with Crippen LogP contribution in [0.1, 0.15) is 31.4 Å². The first kappa shape index (κ1) is 17.6. The summed E-state index contributed by atoms with van der Waals surface area (Å²) in [5.41, 5.74) is 3.36.